The third-order valence-corrected chi connectivity index (χ3v) is 1.85. The van der Waals surface area contributed by atoms with Gasteiger partial charge in [-0.1, -0.05) is 6.07 Å². The normalized spacial score (nSPS) is 9.50. The summed E-state index contributed by atoms with van der Waals surface area (Å²) in [6, 6.07) is 7.26. The molecule has 0 spiro atoms. The molecule has 0 N–H and O–H groups in total. The highest BCUT2D eigenvalue weighted by Gasteiger charge is 2.00. The Morgan fingerprint density at radius 3 is 2.93 bits per heavy atom. The first-order valence-electron chi connectivity index (χ1n) is 4.47. The van der Waals surface area contributed by atoms with E-state index in [0.717, 1.165) is 5.56 Å². The lowest BCUT2D eigenvalue weighted by atomic mass is 10.1. The number of benzene rings is 1. The lowest BCUT2D eigenvalue weighted by molar-refractivity contribution is 0.288. The van der Waals surface area contributed by atoms with Crippen LogP contribution in [0, 0.1) is 18.3 Å². The van der Waals surface area contributed by atoms with Gasteiger partial charge in [0.1, 0.15) is 5.75 Å². The molecule has 0 aliphatic heterocycles. The summed E-state index contributed by atoms with van der Waals surface area (Å²) in [6.07, 6.45) is 0.385. The quantitative estimate of drug-likeness (QED) is 0.688. The van der Waals surface area contributed by atoms with E-state index in [1.807, 2.05) is 19.1 Å². The summed E-state index contributed by atoms with van der Waals surface area (Å²) in [5.74, 6) is 0.664. The van der Waals surface area contributed by atoms with E-state index in [9.17, 15) is 4.39 Å². The molecule has 1 aromatic carbocycles. The third kappa shape index (κ3) is 2.74. The minimum atomic E-state index is -0.378. The van der Waals surface area contributed by atoms with Crippen molar-refractivity contribution in [2.75, 3.05) is 13.3 Å². The lowest BCUT2D eigenvalue weighted by Crippen LogP contribution is -1.99. The van der Waals surface area contributed by atoms with Crippen molar-refractivity contribution in [3.63, 3.8) is 0 Å². The van der Waals surface area contributed by atoms with Gasteiger partial charge in [0, 0.05) is 6.42 Å². The zero-order chi connectivity index (χ0) is 10.4. The predicted molar refractivity (Wildman–Crippen MR) is 52.0 cm³/mol. The monoisotopic (exact) mass is 193 g/mol. The van der Waals surface area contributed by atoms with E-state index >= 15 is 0 Å². The van der Waals surface area contributed by atoms with Gasteiger partial charge in [0.15, 0.2) is 0 Å². The molecule has 0 saturated carbocycles. The smallest absolute Gasteiger partial charge is 0.123 e. The molecule has 0 fully saturated rings. The Hall–Kier alpha value is -1.56. The van der Waals surface area contributed by atoms with E-state index in [-0.39, 0.29) is 6.67 Å². The fourth-order valence-corrected chi connectivity index (χ4v) is 1.06. The summed E-state index contributed by atoms with van der Waals surface area (Å²) in [6.45, 7) is 1.87. The average molecular weight is 193 g/mol. The zero-order valence-corrected chi connectivity index (χ0v) is 8.09. The summed E-state index contributed by atoms with van der Waals surface area (Å²) in [7, 11) is 0. The molecular weight excluding hydrogens is 181 g/mol. The second-order valence-electron chi connectivity index (χ2n) is 2.98. The molecule has 2 nitrogen and oxygen atoms in total. The van der Waals surface area contributed by atoms with Crippen molar-refractivity contribution in [1.82, 2.24) is 0 Å². The predicted octanol–water partition coefficient (Wildman–Crippen LogP) is 2.61. The summed E-state index contributed by atoms with van der Waals surface area (Å²) >= 11 is 0. The van der Waals surface area contributed by atoms with Crippen molar-refractivity contribution in [1.29, 1.82) is 5.26 Å². The number of rotatable bonds is 4. The number of hydrogen-bond acceptors (Lipinski definition) is 2. The molecule has 0 atom stereocenters. The molecule has 3 heteroatoms. The average Bonchev–Trinajstić information content (AvgIpc) is 2.21. The van der Waals surface area contributed by atoms with Gasteiger partial charge in [0.25, 0.3) is 0 Å². The van der Waals surface area contributed by atoms with E-state index in [1.165, 1.54) is 0 Å². The molecule has 0 amide bonds. The standard InChI is InChI=1S/C11H12FNO/c1-9-3-4-10(8-13)7-11(9)14-6-2-5-12/h3-4,7H,2,5-6H2,1H3. The molecule has 0 radical (unpaired) electrons. The van der Waals surface area contributed by atoms with Gasteiger partial charge in [0.05, 0.1) is 24.9 Å². The van der Waals surface area contributed by atoms with Crippen molar-refractivity contribution in [2.45, 2.75) is 13.3 Å². The summed E-state index contributed by atoms with van der Waals surface area (Å²) in [5.41, 5.74) is 1.52. The van der Waals surface area contributed by atoms with Gasteiger partial charge in [-0.25, -0.2) is 0 Å². The molecule has 0 aliphatic carbocycles. The van der Waals surface area contributed by atoms with E-state index in [1.54, 1.807) is 12.1 Å². The van der Waals surface area contributed by atoms with Crippen LogP contribution >= 0.6 is 0 Å². The highest BCUT2D eigenvalue weighted by Crippen LogP contribution is 2.19. The molecule has 1 aromatic rings. The molecule has 0 bridgehead atoms. The summed E-state index contributed by atoms with van der Waals surface area (Å²) in [4.78, 5) is 0. The van der Waals surface area contributed by atoms with Crippen LogP contribution in [-0.2, 0) is 0 Å². The van der Waals surface area contributed by atoms with Crippen LogP contribution in [-0.4, -0.2) is 13.3 Å². The van der Waals surface area contributed by atoms with Gasteiger partial charge in [-0.3, -0.25) is 4.39 Å². The number of hydrogen-bond donors (Lipinski definition) is 0. The van der Waals surface area contributed by atoms with Crippen molar-refractivity contribution in [2.24, 2.45) is 0 Å². The van der Waals surface area contributed by atoms with E-state index in [2.05, 4.69) is 0 Å². The van der Waals surface area contributed by atoms with Crippen molar-refractivity contribution < 1.29 is 9.13 Å². The Bertz CT molecular complexity index is 344. The van der Waals surface area contributed by atoms with Crippen LogP contribution in [0.3, 0.4) is 0 Å². The van der Waals surface area contributed by atoms with Crippen LogP contribution in [0.4, 0.5) is 4.39 Å². The van der Waals surface area contributed by atoms with Crippen LogP contribution in [0.5, 0.6) is 5.75 Å². The Morgan fingerprint density at radius 2 is 2.29 bits per heavy atom. The number of halogens is 1. The minimum absolute atomic E-state index is 0.353. The van der Waals surface area contributed by atoms with Gasteiger partial charge in [0.2, 0.25) is 0 Å². The van der Waals surface area contributed by atoms with Crippen LogP contribution in [0.2, 0.25) is 0 Å². The van der Waals surface area contributed by atoms with E-state index in [4.69, 9.17) is 10.00 Å². The zero-order valence-electron chi connectivity index (χ0n) is 8.09. The van der Waals surface area contributed by atoms with Crippen LogP contribution < -0.4 is 4.74 Å². The maximum atomic E-state index is 11.8. The fraction of sp³-hybridized carbons (Fsp3) is 0.364. The molecule has 1 rings (SSSR count). The van der Waals surface area contributed by atoms with E-state index in [0.29, 0.717) is 24.3 Å². The Balaban J connectivity index is 2.70. The van der Waals surface area contributed by atoms with Crippen LogP contribution in [0.15, 0.2) is 18.2 Å². The fourth-order valence-electron chi connectivity index (χ4n) is 1.06. The van der Waals surface area contributed by atoms with Crippen molar-refractivity contribution >= 4 is 0 Å². The molecule has 0 unspecified atom stereocenters. The first-order valence-corrected chi connectivity index (χ1v) is 4.47. The van der Waals surface area contributed by atoms with Crippen LogP contribution in [0.1, 0.15) is 17.5 Å². The molecule has 14 heavy (non-hydrogen) atoms. The maximum Gasteiger partial charge on any atom is 0.123 e. The number of nitriles is 1. The topological polar surface area (TPSA) is 33.0 Å². The minimum Gasteiger partial charge on any atom is -0.493 e. The Morgan fingerprint density at radius 1 is 1.50 bits per heavy atom. The Kier molecular flexibility index (Phi) is 3.93. The first-order chi connectivity index (χ1) is 6.77. The maximum absolute atomic E-state index is 11.8. The highest BCUT2D eigenvalue weighted by molar-refractivity contribution is 5.41. The largest absolute Gasteiger partial charge is 0.493 e. The second-order valence-corrected chi connectivity index (χ2v) is 2.98. The first kappa shape index (κ1) is 10.5. The summed E-state index contributed by atoms with van der Waals surface area (Å²) < 4.78 is 17.1. The highest BCUT2D eigenvalue weighted by atomic mass is 19.1. The van der Waals surface area contributed by atoms with Crippen molar-refractivity contribution in [3.05, 3.63) is 29.3 Å². The summed E-state index contributed by atoms with van der Waals surface area (Å²) in [5, 5.41) is 8.66. The van der Waals surface area contributed by atoms with Gasteiger partial charge in [-0.05, 0) is 24.6 Å². The van der Waals surface area contributed by atoms with Gasteiger partial charge < -0.3 is 4.74 Å². The number of aryl methyl sites for hydroxylation is 1. The van der Waals surface area contributed by atoms with E-state index < -0.39 is 0 Å². The Labute approximate surface area is 82.9 Å². The number of nitrogens with zero attached hydrogens (tertiary/aromatic N) is 1. The lowest BCUT2D eigenvalue weighted by Gasteiger charge is -2.07. The molecule has 74 valence electrons. The van der Waals surface area contributed by atoms with Crippen molar-refractivity contribution in [3.8, 4) is 11.8 Å². The number of alkyl halides is 1. The van der Waals surface area contributed by atoms with Crippen LogP contribution in [0.25, 0.3) is 0 Å². The molecule has 0 heterocycles. The van der Waals surface area contributed by atoms with Gasteiger partial charge >= 0.3 is 0 Å². The SMILES string of the molecule is Cc1ccc(C#N)cc1OCCCF. The van der Waals surface area contributed by atoms with Gasteiger partial charge in [-0.15, -0.1) is 0 Å². The molecular formula is C11H12FNO. The number of ether oxygens (including phenoxy) is 1. The molecule has 0 aliphatic rings. The molecule has 0 aromatic heterocycles. The third-order valence-electron chi connectivity index (χ3n) is 1.85. The van der Waals surface area contributed by atoms with Gasteiger partial charge in [-0.2, -0.15) is 5.26 Å². The molecule has 0 saturated heterocycles. The second kappa shape index (κ2) is 5.23.